The first-order chi connectivity index (χ1) is 15.1. The van der Waals surface area contributed by atoms with Gasteiger partial charge in [0.15, 0.2) is 6.61 Å². The van der Waals surface area contributed by atoms with Gasteiger partial charge in [0.1, 0.15) is 12.3 Å². The molecule has 0 N–H and O–H groups in total. The first kappa shape index (κ1) is 19.6. The van der Waals surface area contributed by atoms with Gasteiger partial charge < -0.3 is 14.5 Å². The van der Waals surface area contributed by atoms with Crippen LogP contribution in [0.5, 0.6) is 5.75 Å². The van der Waals surface area contributed by atoms with E-state index >= 15 is 0 Å². The molecule has 0 aromatic heterocycles. The molecule has 31 heavy (non-hydrogen) atoms. The molecule has 3 amide bonds. The quantitative estimate of drug-likeness (QED) is 0.767. The van der Waals surface area contributed by atoms with Crippen molar-refractivity contribution in [1.82, 2.24) is 4.90 Å². The van der Waals surface area contributed by atoms with E-state index in [9.17, 15) is 14.4 Å². The number of ether oxygens (including phenoxy) is 1. The topological polar surface area (TPSA) is 70.2 Å². The Morgan fingerprint density at radius 3 is 2.58 bits per heavy atom. The van der Waals surface area contributed by atoms with Crippen LogP contribution in [0.25, 0.3) is 0 Å². The number of nitrogens with zero attached hydrogens (tertiary/aromatic N) is 3. The van der Waals surface area contributed by atoms with Crippen LogP contribution in [0.4, 0.5) is 11.4 Å². The third kappa shape index (κ3) is 3.65. The lowest BCUT2D eigenvalue weighted by Gasteiger charge is -2.31. The molecule has 160 valence electrons. The van der Waals surface area contributed by atoms with Gasteiger partial charge >= 0.3 is 0 Å². The van der Waals surface area contributed by atoms with Crippen LogP contribution in [-0.2, 0) is 16.0 Å². The highest BCUT2D eigenvalue weighted by atomic mass is 16.5. The van der Waals surface area contributed by atoms with Crippen LogP contribution in [0.1, 0.15) is 35.2 Å². The normalized spacial score (nSPS) is 17.8. The number of fused-ring (bicyclic) bond motifs is 2. The minimum Gasteiger partial charge on any atom is -0.482 e. The van der Waals surface area contributed by atoms with Gasteiger partial charge in [0.2, 0.25) is 5.91 Å². The van der Waals surface area contributed by atoms with Gasteiger partial charge in [-0.15, -0.1) is 0 Å². The van der Waals surface area contributed by atoms with Crippen LogP contribution in [0.15, 0.2) is 42.5 Å². The molecule has 0 aliphatic carbocycles. The van der Waals surface area contributed by atoms with Crippen LogP contribution in [0.2, 0.25) is 0 Å². The number of para-hydroxylation sites is 1. The van der Waals surface area contributed by atoms with E-state index in [2.05, 4.69) is 0 Å². The molecule has 7 nitrogen and oxygen atoms in total. The summed E-state index contributed by atoms with van der Waals surface area (Å²) in [6.45, 7) is 1.92. The van der Waals surface area contributed by atoms with E-state index < -0.39 is 0 Å². The fourth-order valence-electron chi connectivity index (χ4n) is 4.61. The predicted molar refractivity (Wildman–Crippen MR) is 117 cm³/mol. The van der Waals surface area contributed by atoms with Crippen LogP contribution >= 0.6 is 0 Å². The maximum Gasteiger partial charge on any atom is 0.265 e. The molecule has 5 rings (SSSR count). The molecule has 0 radical (unpaired) electrons. The molecule has 2 aromatic carbocycles. The summed E-state index contributed by atoms with van der Waals surface area (Å²) < 4.78 is 5.57. The second-order valence-corrected chi connectivity index (χ2v) is 8.23. The molecule has 3 aliphatic heterocycles. The summed E-state index contributed by atoms with van der Waals surface area (Å²) in [6, 6.07) is 13.0. The number of rotatable bonds is 3. The monoisotopic (exact) mass is 419 g/mol. The smallest absolute Gasteiger partial charge is 0.265 e. The molecule has 0 bridgehead atoms. The molecule has 2 aromatic rings. The Morgan fingerprint density at radius 2 is 1.74 bits per heavy atom. The fraction of sp³-hybridized carbons (Fsp3) is 0.375. The van der Waals surface area contributed by atoms with Crippen LogP contribution in [-0.4, -0.2) is 55.4 Å². The Balaban J connectivity index is 1.40. The van der Waals surface area contributed by atoms with E-state index in [1.807, 2.05) is 29.2 Å². The van der Waals surface area contributed by atoms with Gasteiger partial charge in [0, 0.05) is 30.9 Å². The molecular weight excluding hydrogens is 394 g/mol. The van der Waals surface area contributed by atoms with Gasteiger partial charge in [0.25, 0.3) is 11.8 Å². The molecule has 0 spiro atoms. The minimum absolute atomic E-state index is 0.0414. The lowest BCUT2D eigenvalue weighted by molar-refractivity contribution is -0.124. The fourth-order valence-corrected chi connectivity index (χ4v) is 4.61. The van der Waals surface area contributed by atoms with Crippen LogP contribution in [0, 0.1) is 0 Å². The van der Waals surface area contributed by atoms with E-state index in [-0.39, 0.29) is 30.9 Å². The Hall–Kier alpha value is -3.35. The zero-order valence-corrected chi connectivity index (χ0v) is 17.4. The SMILES string of the molecule is O=C(c1ccc2c(c1)N(CC(=O)N1CCc3ccccc31)C(=O)CO2)N1CCCCC1. The van der Waals surface area contributed by atoms with Crippen LogP contribution in [0.3, 0.4) is 0 Å². The average Bonchev–Trinajstić information content (AvgIpc) is 3.25. The summed E-state index contributed by atoms with van der Waals surface area (Å²) >= 11 is 0. The number of amides is 3. The van der Waals surface area contributed by atoms with Crippen molar-refractivity contribution in [3.63, 3.8) is 0 Å². The van der Waals surface area contributed by atoms with Crippen molar-refractivity contribution in [2.45, 2.75) is 25.7 Å². The summed E-state index contributed by atoms with van der Waals surface area (Å²) in [5.41, 5.74) is 3.05. The average molecular weight is 419 g/mol. The van der Waals surface area contributed by atoms with E-state index in [1.54, 1.807) is 23.1 Å². The molecule has 3 heterocycles. The maximum atomic E-state index is 13.1. The number of likely N-dealkylation sites (tertiary alicyclic amines) is 1. The van der Waals surface area contributed by atoms with Crippen molar-refractivity contribution in [3.05, 3.63) is 53.6 Å². The molecule has 0 saturated carbocycles. The molecular formula is C24H25N3O4. The lowest BCUT2D eigenvalue weighted by atomic mass is 10.1. The number of anilines is 2. The van der Waals surface area contributed by atoms with E-state index in [0.29, 0.717) is 23.5 Å². The van der Waals surface area contributed by atoms with Gasteiger partial charge in [-0.05, 0) is 55.5 Å². The van der Waals surface area contributed by atoms with Crippen molar-refractivity contribution in [2.24, 2.45) is 0 Å². The Kier molecular flexibility index (Phi) is 5.10. The highest BCUT2D eigenvalue weighted by Gasteiger charge is 2.32. The third-order valence-electron chi connectivity index (χ3n) is 6.27. The predicted octanol–water partition coefficient (Wildman–Crippen LogP) is 2.63. The molecule has 1 saturated heterocycles. The highest BCUT2D eigenvalue weighted by Crippen LogP contribution is 2.34. The van der Waals surface area contributed by atoms with Crippen molar-refractivity contribution in [3.8, 4) is 5.75 Å². The molecule has 0 atom stereocenters. The van der Waals surface area contributed by atoms with Gasteiger partial charge in [-0.2, -0.15) is 0 Å². The number of hydrogen-bond donors (Lipinski definition) is 0. The second-order valence-electron chi connectivity index (χ2n) is 8.23. The van der Waals surface area contributed by atoms with Crippen LogP contribution < -0.4 is 14.5 Å². The summed E-state index contributed by atoms with van der Waals surface area (Å²) in [5, 5.41) is 0. The number of benzene rings is 2. The highest BCUT2D eigenvalue weighted by molar-refractivity contribution is 6.07. The summed E-state index contributed by atoms with van der Waals surface area (Å²) in [5.74, 6) is 0.0551. The Bertz CT molecular complexity index is 1040. The van der Waals surface area contributed by atoms with Gasteiger partial charge in [-0.3, -0.25) is 19.3 Å². The second kappa shape index (κ2) is 8.06. The van der Waals surface area contributed by atoms with E-state index in [1.165, 1.54) is 4.90 Å². The van der Waals surface area contributed by atoms with Gasteiger partial charge in [-0.1, -0.05) is 18.2 Å². The number of carbonyl (C=O) groups is 3. The standard InChI is InChI=1S/C24H25N3O4/c28-22(26-13-10-17-6-2-3-7-19(17)26)15-27-20-14-18(8-9-21(20)31-16-23(27)29)24(30)25-11-4-1-5-12-25/h2-3,6-9,14H,1,4-5,10-13,15-16H2. The Morgan fingerprint density at radius 1 is 0.935 bits per heavy atom. The first-order valence-electron chi connectivity index (χ1n) is 10.9. The molecule has 1 fully saturated rings. The zero-order chi connectivity index (χ0) is 21.4. The number of hydrogen-bond acceptors (Lipinski definition) is 4. The molecule has 0 unspecified atom stereocenters. The zero-order valence-electron chi connectivity index (χ0n) is 17.4. The van der Waals surface area contributed by atoms with Crippen molar-refractivity contribution in [2.75, 3.05) is 42.6 Å². The number of piperidine rings is 1. The molecule has 7 heteroatoms. The largest absolute Gasteiger partial charge is 0.482 e. The molecule has 3 aliphatic rings. The van der Waals surface area contributed by atoms with E-state index in [4.69, 9.17) is 4.74 Å². The van der Waals surface area contributed by atoms with Gasteiger partial charge in [0.05, 0.1) is 5.69 Å². The summed E-state index contributed by atoms with van der Waals surface area (Å²) in [7, 11) is 0. The lowest BCUT2D eigenvalue weighted by Crippen LogP contribution is -2.46. The van der Waals surface area contributed by atoms with Gasteiger partial charge in [-0.25, -0.2) is 0 Å². The first-order valence-corrected chi connectivity index (χ1v) is 10.9. The van der Waals surface area contributed by atoms with Crippen molar-refractivity contribution < 1.29 is 19.1 Å². The number of carbonyl (C=O) groups excluding carboxylic acids is 3. The third-order valence-corrected chi connectivity index (χ3v) is 6.27. The maximum absolute atomic E-state index is 13.1. The summed E-state index contributed by atoms with van der Waals surface area (Å²) in [4.78, 5) is 43.8. The Labute approximate surface area is 181 Å². The summed E-state index contributed by atoms with van der Waals surface area (Å²) in [6.07, 6.45) is 3.97. The minimum atomic E-state index is -0.282. The van der Waals surface area contributed by atoms with Crippen molar-refractivity contribution in [1.29, 1.82) is 0 Å². The van der Waals surface area contributed by atoms with E-state index in [0.717, 1.165) is 50.0 Å². The van der Waals surface area contributed by atoms with Crippen molar-refractivity contribution >= 4 is 29.1 Å².